The zero-order chi connectivity index (χ0) is 15.0. The van der Waals surface area contributed by atoms with Gasteiger partial charge in [-0.2, -0.15) is 0 Å². The fraction of sp³-hybridized carbons (Fsp3) is 0.750. The van der Waals surface area contributed by atoms with Gasteiger partial charge in [0, 0.05) is 26.2 Å². The topological polar surface area (TPSA) is 37.6 Å². The maximum Gasteiger partial charge on any atom is 0.118 e. The fourth-order valence-electron chi connectivity index (χ4n) is 2.10. The summed E-state index contributed by atoms with van der Waals surface area (Å²) in [5.74, 6) is 2.68. The van der Waals surface area contributed by atoms with Gasteiger partial charge in [0.05, 0.1) is 19.7 Å². The Hall–Kier alpha value is -0.840. The SMILES string of the molecule is COCCN(Cc1ccc(CNC(C)C)o1)CC(C)C. The first-order valence-electron chi connectivity index (χ1n) is 7.53. The van der Waals surface area contributed by atoms with Gasteiger partial charge in [-0.25, -0.2) is 0 Å². The molecule has 0 aliphatic rings. The summed E-state index contributed by atoms with van der Waals surface area (Å²) < 4.78 is 11.1. The first-order chi connectivity index (χ1) is 9.51. The minimum Gasteiger partial charge on any atom is -0.463 e. The molecular weight excluding hydrogens is 252 g/mol. The maximum atomic E-state index is 5.88. The van der Waals surface area contributed by atoms with Gasteiger partial charge in [-0.05, 0) is 18.1 Å². The first-order valence-corrected chi connectivity index (χ1v) is 7.53. The Bertz CT molecular complexity index is 361. The van der Waals surface area contributed by atoms with Gasteiger partial charge in [0.1, 0.15) is 11.5 Å². The highest BCUT2D eigenvalue weighted by Crippen LogP contribution is 2.12. The predicted octanol–water partition coefficient (Wildman–Crippen LogP) is 2.88. The van der Waals surface area contributed by atoms with Crippen LogP contribution < -0.4 is 5.32 Å². The first kappa shape index (κ1) is 17.2. The monoisotopic (exact) mass is 282 g/mol. The lowest BCUT2D eigenvalue weighted by atomic mass is 10.2. The molecule has 0 aliphatic heterocycles. The molecule has 0 radical (unpaired) electrons. The lowest BCUT2D eigenvalue weighted by Crippen LogP contribution is -2.30. The summed E-state index contributed by atoms with van der Waals surface area (Å²) in [6, 6.07) is 4.62. The van der Waals surface area contributed by atoms with Crippen molar-refractivity contribution in [3.05, 3.63) is 23.7 Å². The number of hydrogen-bond acceptors (Lipinski definition) is 4. The molecule has 0 atom stereocenters. The van der Waals surface area contributed by atoms with E-state index in [0.717, 1.165) is 44.3 Å². The summed E-state index contributed by atoms with van der Waals surface area (Å²) >= 11 is 0. The number of ether oxygens (including phenoxy) is 1. The average Bonchev–Trinajstić information content (AvgIpc) is 2.80. The number of rotatable bonds is 10. The van der Waals surface area contributed by atoms with Gasteiger partial charge in [0.2, 0.25) is 0 Å². The van der Waals surface area contributed by atoms with Gasteiger partial charge in [-0.1, -0.05) is 27.7 Å². The molecule has 1 aromatic heterocycles. The van der Waals surface area contributed by atoms with E-state index in [1.54, 1.807) is 7.11 Å². The lowest BCUT2D eigenvalue weighted by Gasteiger charge is -2.22. The van der Waals surface area contributed by atoms with Crippen LogP contribution in [0, 0.1) is 5.92 Å². The standard InChI is InChI=1S/C16H30N2O2/c1-13(2)11-18(8-9-19-5)12-16-7-6-15(20-16)10-17-14(3)4/h6-7,13-14,17H,8-12H2,1-5H3. The molecule has 0 fully saturated rings. The molecule has 1 heterocycles. The lowest BCUT2D eigenvalue weighted by molar-refractivity contribution is 0.130. The molecule has 0 unspecified atom stereocenters. The Morgan fingerprint density at radius 3 is 2.50 bits per heavy atom. The Morgan fingerprint density at radius 1 is 1.20 bits per heavy atom. The van der Waals surface area contributed by atoms with Crippen molar-refractivity contribution in [2.45, 2.75) is 46.8 Å². The van der Waals surface area contributed by atoms with E-state index in [1.807, 2.05) is 0 Å². The number of nitrogens with one attached hydrogen (secondary N) is 1. The summed E-state index contributed by atoms with van der Waals surface area (Å²) in [5, 5.41) is 3.37. The minimum absolute atomic E-state index is 0.475. The molecule has 0 saturated heterocycles. The van der Waals surface area contributed by atoms with E-state index >= 15 is 0 Å². The van der Waals surface area contributed by atoms with E-state index in [-0.39, 0.29) is 0 Å². The van der Waals surface area contributed by atoms with E-state index in [1.165, 1.54) is 0 Å². The molecule has 0 spiro atoms. The van der Waals surface area contributed by atoms with E-state index in [9.17, 15) is 0 Å². The smallest absolute Gasteiger partial charge is 0.118 e. The normalized spacial score (nSPS) is 12.0. The van der Waals surface area contributed by atoms with E-state index in [2.05, 4.69) is 50.0 Å². The molecule has 4 heteroatoms. The zero-order valence-corrected chi connectivity index (χ0v) is 13.6. The molecular formula is C16H30N2O2. The van der Waals surface area contributed by atoms with Crippen LogP contribution in [0.3, 0.4) is 0 Å². The third-order valence-corrected chi connectivity index (χ3v) is 3.02. The summed E-state index contributed by atoms with van der Waals surface area (Å²) in [4.78, 5) is 2.38. The summed E-state index contributed by atoms with van der Waals surface area (Å²) in [7, 11) is 1.75. The average molecular weight is 282 g/mol. The van der Waals surface area contributed by atoms with Crippen LogP contribution >= 0.6 is 0 Å². The maximum absolute atomic E-state index is 5.88. The molecule has 20 heavy (non-hydrogen) atoms. The number of nitrogens with zero attached hydrogens (tertiary/aromatic N) is 1. The van der Waals surface area contributed by atoms with Crippen molar-refractivity contribution in [1.82, 2.24) is 10.2 Å². The zero-order valence-electron chi connectivity index (χ0n) is 13.6. The number of furan rings is 1. The Balaban J connectivity index is 2.50. The highest BCUT2D eigenvalue weighted by atomic mass is 16.5. The fourth-order valence-corrected chi connectivity index (χ4v) is 2.10. The molecule has 1 N–H and O–H groups in total. The van der Waals surface area contributed by atoms with Crippen LogP contribution in [0.2, 0.25) is 0 Å². The van der Waals surface area contributed by atoms with Crippen LogP contribution in [0.15, 0.2) is 16.5 Å². The minimum atomic E-state index is 0.475. The molecule has 0 amide bonds. The summed E-state index contributed by atoms with van der Waals surface area (Å²) in [6.45, 7) is 13.1. The van der Waals surface area contributed by atoms with Gasteiger partial charge in [0.25, 0.3) is 0 Å². The second-order valence-corrected chi connectivity index (χ2v) is 6.03. The van der Waals surface area contributed by atoms with Crippen LogP contribution in [0.25, 0.3) is 0 Å². The van der Waals surface area contributed by atoms with Crippen molar-refractivity contribution in [1.29, 1.82) is 0 Å². The van der Waals surface area contributed by atoms with Crippen molar-refractivity contribution in [3.8, 4) is 0 Å². The van der Waals surface area contributed by atoms with E-state index in [4.69, 9.17) is 9.15 Å². The Labute approximate surface area is 123 Å². The molecule has 1 rings (SSSR count). The molecule has 1 aromatic rings. The second-order valence-electron chi connectivity index (χ2n) is 6.03. The van der Waals surface area contributed by atoms with Crippen molar-refractivity contribution >= 4 is 0 Å². The van der Waals surface area contributed by atoms with Crippen LogP contribution in [0.4, 0.5) is 0 Å². The van der Waals surface area contributed by atoms with Crippen LogP contribution in [-0.4, -0.2) is 37.7 Å². The Morgan fingerprint density at radius 2 is 1.90 bits per heavy atom. The van der Waals surface area contributed by atoms with Crippen molar-refractivity contribution in [2.75, 3.05) is 26.8 Å². The third kappa shape index (κ3) is 7.08. The molecule has 0 bridgehead atoms. The highest BCUT2D eigenvalue weighted by Gasteiger charge is 2.11. The van der Waals surface area contributed by atoms with Gasteiger partial charge >= 0.3 is 0 Å². The van der Waals surface area contributed by atoms with Gasteiger partial charge in [0.15, 0.2) is 0 Å². The van der Waals surface area contributed by atoms with Crippen molar-refractivity contribution in [3.63, 3.8) is 0 Å². The number of methoxy groups -OCH3 is 1. The Kier molecular flexibility index (Phi) is 7.88. The summed E-state index contributed by atoms with van der Waals surface area (Å²) in [5.41, 5.74) is 0. The van der Waals surface area contributed by atoms with Crippen LogP contribution in [0.1, 0.15) is 39.2 Å². The van der Waals surface area contributed by atoms with Gasteiger partial charge in [-0.3, -0.25) is 4.90 Å². The second kappa shape index (κ2) is 9.16. The van der Waals surface area contributed by atoms with Crippen molar-refractivity contribution < 1.29 is 9.15 Å². The molecule has 0 aliphatic carbocycles. The largest absolute Gasteiger partial charge is 0.463 e. The molecule has 0 saturated carbocycles. The third-order valence-electron chi connectivity index (χ3n) is 3.02. The van der Waals surface area contributed by atoms with E-state index in [0.29, 0.717) is 12.0 Å². The van der Waals surface area contributed by atoms with E-state index < -0.39 is 0 Å². The molecule has 4 nitrogen and oxygen atoms in total. The molecule has 0 aromatic carbocycles. The van der Waals surface area contributed by atoms with Crippen LogP contribution in [-0.2, 0) is 17.8 Å². The number of hydrogen-bond donors (Lipinski definition) is 1. The van der Waals surface area contributed by atoms with Gasteiger partial charge < -0.3 is 14.5 Å². The van der Waals surface area contributed by atoms with Crippen molar-refractivity contribution in [2.24, 2.45) is 5.92 Å². The molecule has 116 valence electrons. The summed E-state index contributed by atoms with van der Waals surface area (Å²) in [6.07, 6.45) is 0. The predicted molar refractivity (Wildman–Crippen MR) is 82.7 cm³/mol. The quantitative estimate of drug-likeness (QED) is 0.716. The van der Waals surface area contributed by atoms with Gasteiger partial charge in [-0.15, -0.1) is 0 Å². The highest BCUT2D eigenvalue weighted by molar-refractivity contribution is 5.07. The van der Waals surface area contributed by atoms with Crippen LogP contribution in [0.5, 0.6) is 0 Å².